The average molecular weight is 511 g/mol. The van der Waals surface area contributed by atoms with Gasteiger partial charge in [0.1, 0.15) is 0 Å². The molecule has 0 amide bonds. The molecule has 0 fully saturated rings. The van der Waals surface area contributed by atoms with Crippen molar-refractivity contribution in [2.45, 2.75) is 58.9 Å². The molecule has 0 N–H and O–H groups in total. The molecule has 0 aliphatic carbocycles. The second-order valence-corrected chi connectivity index (χ2v) is 11.4. The standard InChI is InChI=1S/C37H38N2/c1-7-10-26(4)33-23-34-29(21-27(33)5)13-14-32-30-11-8-9-12-31(30)35-19-25(3)16-18-39(35)37(32)22-28(6)38-17-15-24(2)20-36(34)38/h7-12,15-21,23,32,37H,4,6,13-14,22H2,1-3,5H3/q+2/b10-7-. The minimum Gasteiger partial charge on any atom is -0.194 e. The number of hydrogen-bond donors (Lipinski definition) is 0. The lowest BCUT2D eigenvalue weighted by molar-refractivity contribution is -0.720. The van der Waals surface area contributed by atoms with Crippen LogP contribution in [0, 0.1) is 20.8 Å². The van der Waals surface area contributed by atoms with Crippen molar-refractivity contribution in [1.29, 1.82) is 0 Å². The molecule has 2 unspecified atom stereocenters. The van der Waals surface area contributed by atoms with Gasteiger partial charge < -0.3 is 0 Å². The third-order valence-corrected chi connectivity index (χ3v) is 8.66. The van der Waals surface area contributed by atoms with E-state index in [0.29, 0.717) is 12.0 Å². The van der Waals surface area contributed by atoms with Crippen LogP contribution in [0.1, 0.15) is 65.1 Å². The predicted octanol–water partition coefficient (Wildman–Crippen LogP) is 8.26. The number of hydrogen-bond acceptors (Lipinski definition) is 0. The van der Waals surface area contributed by atoms with Crippen LogP contribution in [-0.4, -0.2) is 0 Å². The van der Waals surface area contributed by atoms with Crippen molar-refractivity contribution in [3.05, 3.63) is 132 Å². The Bertz CT molecular complexity index is 1670. The van der Waals surface area contributed by atoms with Crippen molar-refractivity contribution in [3.8, 4) is 22.5 Å². The van der Waals surface area contributed by atoms with E-state index in [1.54, 1.807) is 0 Å². The quantitative estimate of drug-likeness (QED) is 0.189. The van der Waals surface area contributed by atoms with Gasteiger partial charge in [0.25, 0.3) is 0 Å². The van der Waals surface area contributed by atoms with Crippen LogP contribution in [0.5, 0.6) is 0 Å². The zero-order chi connectivity index (χ0) is 27.3. The summed E-state index contributed by atoms with van der Waals surface area (Å²) in [5.41, 5.74) is 15.3. The molecule has 2 aromatic heterocycles. The van der Waals surface area contributed by atoms with Gasteiger partial charge in [-0.2, -0.15) is 9.13 Å². The van der Waals surface area contributed by atoms with E-state index in [2.05, 4.69) is 129 Å². The maximum Gasteiger partial charge on any atom is 0.218 e. The molecule has 0 saturated carbocycles. The molecular weight excluding hydrogens is 472 g/mol. The van der Waals surface area contributed by atoms with Crippen molar-refractivity contribution in [1.82, 2.24) is 0 Å². The smallest absolute Gasteiger partial charge is 0.194 e. The highest BCUT2D eigenvalue weighted by molar-refractivity contribution is 5.79. The molecule has 2 aliphatic heterocycles. The average Bonchev–Trinajstić information content (AvgIpc) is 2.92. The first-order chi connectivity index (χ1) is 18.9. The van der Waals surface area contributed by atoms with E-state index in [0.717, 1.165) is 30.5 Å². The summed E-state index contributed by atoms with van der Waals surface area (Å²) in [7, 11) is 0. The zero-order valence-electron chi connectivity index (χ0n) is 23.7. The number of aromatic nitrogens is 2. The molecule has 194 valence electrons. The Morgan fingerprint density at radius 1 is 0.897 bits per heavy atom. The highest BCUT2D eigenvalue weighted by Crippen LogP contribution is 2.44. The van der Waals surface area contributed by atoms with Crippen molar-refractivity contribution >= 4 is 11.3 Å². The summed E-state index contributed by atoms with van der Waals surface area (Å²) in [5.74, 6) is 0.400. The highest BCUT2D eigenvalue weighted by atomic mass is 15.0. The van der Waals surface area contributed by atoms with Gasteiger partial charge in [0.2, 0.25) is 11.4 Å². The van der Waals surface area contributed by atoms with Gasteiger partial charge in [-0.1, -0.05) is 43.0 Å². The molecule has 6 rings (SSSR count). The number of aryl methyl sites for hydroxylation is 4. The van der Waals surface area contributed by atoms with Gasteiger partial charge >= 0.3 is 0 Å². The molecule has 2 nitrogen and oxygen atoms in total. The summed E-state index contributed by atoms with van der Waals surface area (Å²) in [6.07, 6.45) is 11.7. The Kier molecular flexibility index (Phi) is 6.43. The third-order valence-electron chi connectivity index (χ3n) is 8.66. The number of fused-ring (bicyclic) bond motifs is 9. The van der Waals surface area contributed by atoms with Gasteiger partial charge in [-0.05, 0) is 98.2 Å². The number of rotatable bonds is 2. The van der Waals surface area contributed by atoms with Gasteiger partial charge in [-0.15, -0.1) is 0 Å². The van der Waals surface area contributed by atoms with E-state index in [4.69, 9.17) is 6.58 Å². The van der Waals surface area contributed by atoms with Crippen molar-refractivity contribution in [3.63, 3.8) is 0 Å². The maximum atomic E-state index is 4.69. The zero-order valence-corrected chi connectivity index (χ0v) is 23.7. The van der Waals surface area contributed by atoms with Gasteiger partial charge in [-0.25, -0.2) is 0 Å². The van der Waals surface area contributed by atoms with Gasteiger partial charge in [0, 0.05) is 35.7 Å². The SMILES string of the molecule is C=C(/C=C\C)c1cc2c(cc1C)CCC1c3ccccc3-c3cc(C)cc[n+]3C1CC(=C)[n+]1ccc(C)cc1-2. The number of pyridine rings is 2. The van der Waals surface area contributed by atoms with Crippen LogP contribution < -0.4 is 9.13 Å². The van der Waals surface area contributed by atoms with Crippen molar-refractivity contribution in [2.24, 2.45) is 0 Å². The second-order valence-electron chi connectivity index (χ2n) is 11.4. The van der Waals surface area contributed by atoms with Crippen LogP contribution in [0.2, 0.25) is 0 Å². The summed E-state index contributed by atoms with van der Waals surface area (Å²) in [6, 6.07) is 23.2. The summed E-state index contributed by atoms with van der Waals surface area (Å²) >= 11 is 0. The van der Waals surface area contributed by atoms with E-state index in [1.807, 2.05) is 0 Å². The topological polar surface area (TPSA) is 7.76 Å². The molecule has 0 bridgehead atoms. The maximum absolute atomic E-state index is 4.69. The number of nitrogens with zero attached hydrogens (tertiary/aromatic N) is 2. The molecule has 0 spiro atoms. The summed E-state index contributed by atoms with van der Waals surface area (Å²) in [6.45, 7) is 17.7. The lowest BCUT2D eigenvalue weighted by Crippen LogP contribution is -2.49. The lowest BCUT2D eigenvalue weighted by Gasteiger charge is -2.31. The molecule has 39 heavy (non-hydrogen) atoms. The third kappa shape index (κ3) is 4.38. The Labute approximate surface area is 233 Å². The van der Waals surface area contributed by atoms with Crippen molar-refractivity contribution in [2.75, 3.05) is 0 Å². The molecular formula is C37H38N2+2. The minimum atomic E-state index is 0.307. The predicted molar refractivity (Wildman–Crippen MR) is 162 cm³/mol. The van der Waals surface area contributed by atoms with Crippen LogP contribution in [0.3, 0.4) is 0 Å². The lowest BCUT2D eigenvalue weighted by atomic mass is 9.77. The van der Waals surface area contributed by atoms with Crippen LogP contribution >= 0.6 is 0 Å². The Morgan fingerprint density at radius 3 is 2.44 bits per heavy atom. The van der Waals surface area contributed by atoms with Gasteiger partial charge in [-0.3, -0.25) is 0 Å². The van der Waals surface area contributed by atoms with Gasteiger partial charge in [0.05, 0.1) is 12.0 Å². The fourth-order valence-electron chi connectivity index (χ4n) is 6.76. The molecule has 2 atom stereocenters. The molecule has 4 heterocycles. The number of benzene rings is 2. The number of allylic oxidation sites excluding steroid dienone is 4. The largest absolute Gasteiger partial charge is 0.218 e. The molecule has 0 radical (unpaired) electrons. The molecule has 0 saturated heterocycles. The van der Waals surface area contributed by atoms with Crippen LogP contribution in [0.25, 0.3) is 33.8 Å². The highest BCUT2D eigenvalue weighted by Gasteiger charge is 2.42. The fourth-order valence-corrected chi connectivity index (χ4v) is 6.76. The van der Waals surface area contributed by atoms with E-state index >= 15 is 0 Å². The molecule has 4 aromatic rings. The second kappa shape index (κ2) is 9.93. The fraction of sp³-hybridized carbons (Fsp3) is 0.243. The Balaban J connectivity index is 1.57. The first kappa shape index (κ1) is 25.2. The van der Waals surface area contributed by atoms with Crippen LogP contribution in [0.4, 0.5) is 0 Å². The normalized spacial score (nSPS) is 18.0. The molecule has 2 aliphatic rings. The van der Waals surface area contributed by atoms with Crippen LogP contribution in [-0.2, 0) is 6.42 Å². The summed E-state index contributed by atoms with van der Waals surface area (Å²) in [4.78, 5) is 0. The summed E-state index contributed by atoms with van der Waals surface area (Å²) in [5, 5.41) is 0. The van der Waals surface area contributed by atoms with E-state index < -0.39 is 0 Å². The Morgan fingerprint density at radius 2 is 1.64 bits per heavy atom. The summed E-state index contributed by atoms with van der Waals surface area (Å²) < 4.78 is 4.86. The van der Waals surface area contributed by atoms with E-state index in [1.165, 1.54) is 55.9 Å². The van der Waals surface area contributed by atoms with E-state index in [-0.39, 0.29) is 0 Å². The van der Waals surface area contributed by atoms with E-state index in [9.17, 15) is 0 Å². The van der Waals surface area contributed by atoms with Crippen molar-refractivity contribution < 1.29 is 9.13 Å². The first-order valence-corrected chi connectivity index (χ1v) is 14.1. The molecule has 2 aromatic carbocycles. The molecule has 2 heteroatoms. The first-order valence-electron chi connectivity index (χ1n) is 14.1. The minimum absolute atomic E-state index is 0.307. The monoisotopic (exact) mass is 510 g/mol. The Hall–Kier alpha value is -4.04. The van der Waals surface area contributed by atoms with Crippen LogP contribution in [0.15, 0.2) is 98.4 Å². The van der Waals surface area contributed by atoms with Gasteiger partial charge in [0.15, 0.2) is 24.1 Å².